The first-order valence-electron chi connectivity index (χ1n) is 23.0. The van der Waals surface area contributed by atoms with Crippen LogP contribution in [0.4, 0.5) is 15.4 Å². The average Bonchev–Trinajstić information content (AvgIpc) is 3.33. The number of amides is 2. The van der Waals surface area contributed by atoms with Gasteiger partial charge in [0.05, 0.1) is 46.4 Å². The van der Waals surface area contributed by atoms with Crippen molar-refractivity contribution in [1.82, 2.24) is 30.6 Å². The van der Waals surface area contributed by atoms with Crippen molar-refractivity contribution < 1.29 is 43.9 Å². The molecule has 392 valence electrons. The molecule has 0 aliphatic rings. The molecule has 0 unspecified atom stereocenters. The summed E-state index contributed by atoms with van der Waals surface area (Å²) in [7, 11) is 0. The molecule has 4 aromatic heterocycles. The molecule has 4 aromatic rings. The van der Waals surface area contributed by atoms with Crippen molar-refractivity contribution in [2.45, 2.75) is 124 Å². The van der Waals surface area contributed by atoms with E-state index in [2.05, 4.69) is 85.5 Å². The van der Waals surface area contributed by atoms with Gasteiger partial charge in [-0.25, -0.2) is 29.5 Å². The summed E-state index contributed by atoms with van der Waals surface area (Å²) < 4.78 is 22.3. The van der Waals surface area contributed by atoms with Crippen molar-refractivity contribution in [3.8, 4) is 35.9 Å². The number of anilines is 1. The molecule has 0 aliphatic heterocycles. The first-order chi connectivity index (χ1) is 33.7. The minimum Gasteiger partial charge on any atom is -0.474 e. The van der Waals surface area contributed by atoms with Crippen LogP contribution in [0.1, 0.15) is 99.1 Å². The van der Waals surface area contributed by atoms with Crippen LogP contribution in [0.2, 0.25) is 5.15 Å². The monoisotopic (exact) mass is 1130 g/mol. The van der Waals surface area contributed by atoms with Gasteiger partial charge in [-0.15, -0.1) is 6.42 Å². The number of halogens is 3. The molecule has 4 rings (SSSR count). The Kier molecular flexibility index (Phi) is 35.6. The molecular formula is C51H73Br2ClN8O9. The number of pyridine rings is 4. The van der Waals surface area contributed by atoms with Crippen molar-refractivity contribution in [1.29, 1.82) is 0 Å². The molecule has 20 heteroatoms. The molecule has 0 saturated carbocycles. The Morgan fingerprint density at radius 3 is 1.77 bits per heavy atom. The zero-order valence-corrected chi connectivity index (χ0v) is 46.2. The number of carbonyl (C=O) groups is 2. The number of hydrogen-bond donors (Lipinski definition) is 7. The molecule has 4 heterocycles. The second-order valence-electron chi connectivity index (χ2n) is 16.6. The number of aliphatic hydroxyl groups is 3. The van der Waals surface area contributed by atoms with E-state index in [1.807, 2.05) is 98.7 Å². The smallest absolute Gasteiger partial charge is 0.408 e. The predicted molar refractivity (Wildman–Crippen MR) is 287 cm³/mol. The van der Waals surface area contributed by atoms with E-state index in [4.69, 9.17) is 58.0 Å². The maximum Gasteiger partial charge on any atom is 0.408 e. The number of aryl methyl sites for hydroxylation is 1. The molecule has 0 aliphatic carbocycles. The lowest BCUT2D eigenvalue weighted by Crippen LogP contribution is -2.39. The number of rotatable bonds is 17. The lowest BCUT2D eigenvalue weighted by atomic mass is 10.0. The van der Waals surface area contributed by atoms with E-state index in [0.717, 1.165) is 46.0 Å². The Morgan fingerprint density at radius 2 is 1.28 bits per heavy atom. The summed E-state index contributed by atoms with van der Waals surface area (Å²) in [6.07, 6.45) is 14.9. The molecule has 0 aromatic carbocycles. The number of ether oxygens (including phenoxy) is 4. The summed E-state index contributed by atoms with van der Waals surface area (Å²) in [5, 5.41) is 35.1. The Bertz CT molecular complexity index is 2180. The van der Waals surface area contributed by atoms with Gasteiger partial charge in [0.1, 0.15) is 35.4 Å². The van der Waals surface area contributed by atoms with Crippen LogP contribution >= 0.6 is 43.5 Å². The topological polar surface area (TPSA) is 245 Å². The van der Waals surface area contributed by atoms with Crippen molar-refractivity contribution in [2.24, 2.45) is 5.73 Å². The normalized spacial score (nSPS) is 11.5. The fraction of sp³-hybridized carbons (Fsp3) is 0.490. The van der Waals surface area contributed by atoms with Crippen LogP contribution in [0, 0.1) is 24.2 Å². The zero-order valence-electron chi connectivity index (χ0n) is 42.3. The maximum atomic E-state index is 11.9. The van der Waals surface area contributed by atoms with E-state index < -0.39 is 17.3 Å². The Hall–Kier alpha value is -5.25. The largest absolute Gasteiger partial charge is 0.474 e. The summed E-state index contributed by atoms with van der Waals surface area (Å²) in [5.74, 6) is 10.0. The quantitative estimate of drug-likeness (QED) is 0.0385. The van der Waals surface area contributed by atoms with Gasteiger partial charge in [-0.1, -0.05) is 56.2 Å². The van der Waals surface area contributed by atoms with Crippen molar-refractivity contribution in [3.63, 3.8) is 0 Å². The van der Waals surface area contributed by atoms with Gasteiger partial charge in [-0.2, -0.15) is 0 Å². The van der Waals surface area contributed by atoms with E-state index in [1.165, 1.54) is 0 Å². The molecule has 0 saturated heterocycles. The van der Waals surface area contributed by atoms with Crippen LogP contribution in [0.25, 0.3) is 0 Å². The van der Waals surface area contributed by atoms with Gasteiger partial charge in [0.25, 0.3) is 0 Å². The van der Waals surface area contributed by atoms with E-state index in [0.29, 0.717) is 35.4 Å². The lowest BCUT2D eigenvalue weighted by molar-refractivity contribution is 0.0494. The second kappa shape index (κ2) is 38.4. The fourth-order valence-corrected chi connectivity index (χ4v) is 5.61. The minimum absolute atomic E-state index is 0.00299. The maximum absolute atomic E-state index is 11.9. The average molecular weight is 1140 g/mol. The van der Waals surface area contributed by atoms with Gasteiger partial charge < -0.3 is 56.0 Å². The van der Waals surface area contributed by atoms with Gasteiger partial charge in [0.15, 0.2) is 0 Å². The fourth-order valence-electron chi connectivity index (χ4n) is 4.87. The standard InChI is InChI=1S/C17H29N3O3.C12H16N2O2.C10H17NO2.C7H8BrNO2.C5H3BrClN/c1-5-14(20-16(22)23-17(2,3)4)9-8-13-7-6-10-18-15(13)19-11-12-21;1-2-11(13)6-5-10-4-3-7-14-12(10)16-9-8-15;1-6-8(7-2)11-9(12)13-10(3,4)5;8-6-2-1-3-9-7(6)11-5-4-10;6-4-2-1-3-8-5(4)7/h6-7,10,14,21H,5,8-9,11-12H2,1-4H3,(H,18,19)(H,20,22);3-4,7,11,15H,2,8-9,13H2,1H3;1,8H,7H2,2-5H3,(H,11,12);1-3,10H,4-5H2;1-3H/t14-;11-;8-;;/m110../s1. The van der Waals surface area contributed by atoms with Crippen LogP contribution < -0.4 is 31.2 Å². The van der Waals surface area contributed by atoms with Crippen molar-refractivity contribution in [3.05, 3.63) is 98.5 Å². The molecule has 71 heavy (non-hydrogen) atoms. The highest BCUT2D eigenvalue weighted by molar-refractivity contribution is 9.10. The van der Waals surface area contributed by atoms with Gasteiger partial charge in [-0.3, -0.25) is 0 Å². The number of nitrogens with one attached hydrogen (secondary N) is 3. The minimum atomic E-state index is -0.493. The summed E-state index contributed by atoms with van der Waals surface area (Å²) in [5.41, 5.74) is 6.50. The van der Waals surface area contributed by atoms with E-state index >= 15 is 0 Å². The molecule has 0 fully saturated rings. The van der Waals surface area contributed by atoms with E-state index in [9.17, 15) is 9.59 Å². The summed E-state index contributed by atoms with van der Waals surface area (Å²) >= 11 is 12.0. The molecular weight excluding hydrogens is 1060 g/mol. The second-order valence-corrected chi connectivity index (χ2v) is 18.6. The summed E-state index contributed by atoms with van der Waals surface area (Å²) in [6.45, 7) is 17.9. The van der Waals surface area contributed by atoms with Crippen molar-refractivity contribution >= 4 is 61.5 Å². The molecule has 2 amide bonds. The Balaban J connectivity index is 0.000000901. The number of hydrogen-bond acceptors (Lipinski definition) is 15. The lowest BCUT2D eigenvalue weighted by Gasteiger charge is -2.23. The number of nitrogens with two attached hydrogens (primary N) is 1. The summed E-state index contributed by atoms with van der Waals surface area (Å²) in [4.78, 5) is 39.1. The first-order valence-corrected chi connectivity index (χ1v) is 24.9. The first kappa shape index (κ1) is 65.8. The van der Waals surface area contributed by atoms with Gasteiger partial charge in [0, 0.05) is 37.4 Å². The highest BCUT2D eigenvalue weighted by Crippen LogP contribution is 2.21. The Morgan fingerprint density at radius 1 is 0.746 bits per heavy atom. The Labute approximate surface area is 442 Å². The number of aliphatic hydroxyl groups excluding tert-OH is 3. The van der Waals surface area contributed by atoms with Crippen LogP contribution in [0.5, 0.6) is 11.8 Å². The third-order valence-corrected chi connectivity index (χ3v) is 10.0. The third kappa shape index (κ3) is 33.9. The molecule has 0 bridgehead atoms. The third-order valence-electron chi connectivity index (χ3n) is 8.27. The SMILES string of the molecule is C#C[C@@H](CC)NC(=O)OC(C)(C)C.CC[C@@H](N)C#Cc1cccnc1OCCO.CC[C@H](CCc1cccnc1NCCO)NC(=O)OC(C)(C)C.Clc1ncccc1Br.OCCOc1ncccc1Br. The number of terminal acetylenes is 1. The zero-order chi connectivity index (χ0) is 53.7. The highest BCUT2D eigenvalue weighted by Gasteiger charge is 2.20. The van der Waals surface area contributed by atoms with Gasteiger partial charge in [0.2, 0.25) is 11.8 Å². The van der Waals surface area contributed by atoms with Crippen LogP contribution in [-0.2, 0) is 15.9 Å². The van der Waals surface area contributed by atoms with Crippen molar-refractivity contribution in [2.75, 3.05) is 44.9 Å². The summed E-state index contributed by atoms with van der Waals surface area (Å²) in [6, 6.07) is 14.5. The number of carbonyl (C=O) groups excluding carboxylic acids is 2. The number of aromatic nitrogens is 4. The van der Waals surface area contributed by atoms with E-state index in [1.54, 1.807) is 36.9 Å². The van der Waals surface area contributed by atoms with Gasteiger partial charge >= 0.3 is 12.2 Å². The molecule has 0 spiro atoms. The number of alkyl carbamates (subject to hydrolysis) is 2. The number of nitrogens with zero attached hydrogens (tertiary/aromatic N) is 4. The molecule has 3 atom stereocenters. The van der Waals surface area contributed by atoms with E-state index in [-0.39, 0.29) is 57.3 Å². The molecule has 0 radical (unpaired) electrons. The van der Waals surface area contributed by atoms with Gasteiger partial charge in [-0.05, 0) is 154 Å². The van der Waals surface area contributed by atoms with Crippen LogP contribution in [0.3, 0.4) is 0 Å². The predicted octanol–water partition coefficient (Wildman–Crippen LogP) is 8.90. The highest BCUT2D eigenvalue weighted by atomic mass is 79.9. The van der Waals surface area contributed by atoms with Crippen LogP contribution in [0.15, 0.2) is 82.3 Å². The van der Waals surface area contributed by atoms with Crippen LogP contribution in [-0.4, -0.2) is 116 Å². The molecule has 17 nitrogen and oxygen atoms in total. The molecule has 8 N–H and O–H groups in total.